The number of hydrogen-bond acceptors (Lipinski definition) is 3. The maximum Gasteiger partial charge on any atom is 0.273 e. The summed E-state index contributed by atoms with van der Waals surface area (Å²) < 4.78 is 0. The predicted octanol–water partition coefficient (Wildman–Crippen LogP) is 3.14. The van der Waals surface area contributed by atoms with Gasteiger partial charge in [0.15, 0.2) is 0 Å². The van der Waals surface area contributed by atoms with Gasteiger partial charge in [-0.05, 0) is 32.3 Å². The number of alkyl halides is 1. The van der Waals surface area contributed by atoms with E-state index in [4.69, 9.17) is 11.6 Å². The molecule has 6 heteroatoms. The Bertz CT molecular complexity index is 533. The van der Waals surface area contributed by atoms with Gasteiger partial charge in [-0.1, -0.05) is 6.07 Å². The monoisotopic (exact) mass is 296 g/mol. The Labute approximate surface area is 122 Å². The van der Waals surface area contributed by atoms with Gasteiger partial charge in [0.1, 0.15) is 0 Å². The largest absolute Gasteiger partial charge is 0.334 e. The molecule has 0 saturated carbocycles. The van der Waals surface area contributed by atoms with Crippen LogP contribution in [0.5, 0.6) is 0 Å². The maximum atomic E-state index is 12.5. The summed E-state index contributed by atoms with van der Waals surface area (Å²) in [6.45, 7) is 2.33. The quantitative estimate of drug-likeness (QED) is 0.489. The van der Waals surface area contributed by atoms with Crippen LogP contribution in [-0.4, -0.2) is 34.2 Å². The summed E-state index contributed by atoms with van der Waals surface area (Å²) in [6.07, 6.45) is 2.91. The summed E-state index contributed by atoms with van der Waals surface area (Å²) in [5.74, 6) is 0.234. The first-order chi connectivity index (χ1) is 9.54. The van der Waals surface area contributed by atoms with Crippen molar-refractivity contribution in [2.45, 2.75) is 32.2 Å². The van der Waals surface area contributed by atoms with Crippen LogP contribution in [0.25, 0.3) is 0 Å². The molecule has 1 amide bonds. The summed E-state index contributed by atoms with van der Waals surface area (Å²) in [6, 6.07) is 4.64. The molecule has 0 aromatic heterocycles. The highest BCUT2D eigenvalue weighted by Gasteiger charge is 2.27. The van der Waals surface area contributed by atoms with E-state index in [1.54, 1.807) is 24.0 Å². The fraction of sp³-hybridized carbons (Fsp3) is 0.500. The van der Waals surface area contributed by atoms with Crippen LogP contribution < -0.4 is 0 Å². The van der Waals surface area contributed by atoms with E-state index in [0.717, 1.165) is 19.3 Å². The second kappa shape index (κ2) is 6.22. The standard InChI is InChI=1S/C14H17ClN2O3/c1-10-5-6-11(8-13(10)17(19)20)14(18)16-7-3-2-4-12(16)9-15/h5-6,8,12H,2-4,7,9H2,1H3. The molecule has 1 aromatic rings. The Kier molecular flexibility index (Phi) is 4.60. The first-order valence-corrected chi connectivity index (χ1v) is 7.20. The first kappa shape index (κ1) is 14.8. The Morgan fingerprint density at radius 3 is 2.90 bits per heavy atom. The number of hydrogen-bond donors (Lipinski definition) is 0. The zero-order valence-electron chi connectivity index (χ0n) is 11.3. The van der Waals surface area contributed by atoms with Gasteiger partial charge in [0.25, 0.3) is 11.6 Å². The molecule has 0 radical (unpaired) electrons. The Morgan fingerprint density at radius 1 is 1.50 bits per heavy atom. The van der Waals surface area contributed by atoms with Crippen molar-refractivity contribution in [2.24, 2.45) is 0 Å². The van der Waals surface area contributed by atoms with E-state index in [2.05, 4.69) is 0 Å². The predicted molar refractivity (Wildman–Crippen MR) is 77.2 cm³/mol. The molecule has 2 rings (SSSR count). The molecular formula is C14H17ClN2O3. The van der Waals surface area contributed by atoms with E-state index >= 15 is 0 Å². The van der Waals surface area contributed by atoms with Crippen molar-refractivity contribution in [1.82, 2.24) is 4.90 Å². The molecule has 1 unspecified atom stereocenters. The SMILES string of the molecule is Cc1ccc(C(=O)N2CCCCC2CCl)cc1[N+](=O)[O-]. The highest BCUT2D eigenvalue weighted by Crippen LogP contribution is 2.24. The number of aryl methyl sites for hydroxylation is 1. The fourth-order valence-corrected chi connectivity index (χ4v) is 2.85. The summed E-state index contributed by atoms with van der Waals surface area (Å²) in [5.41, 5.74) is 0.897. The second-order valence-corrected chi connectivity index (χ2v) is 5.37. The molecule has 5 nitrogen and oxygen atoms in total. The van der Waals surface area contributed by atoms with Crippen LogP contribution in [0, 0.1) is 17.0 Å². The molecule has 0 N–H and O–H groups in total. The zero-order valence-corrected chi connectivity index (χ0v) is 12.1. The van der Waals surface area contributed by atoms with Gasteiger partial charge in [0.05, 0.1) is 4.92 Å². The zero-order chi connectivity index (χ0) is 14.7. The third-order valence-corrected chi connectivity index (χ3v) is 4.08. The minimum Gasteiger partial charge on any atom is -0.334 e. The Hall–Kier alpha value is -1.62. The minimum atomic E-state index is -0.457. The van der Waals surface area contributed by atoms with Crippen LogP contribution in [0.4, 0.5) is 5.69 Å². The highest BCUT2D eigenvalue weighted by atomic mass is 35.5. The molecule has 1 fully saturated rings. The average molecular weight is 297 g/mol. The van der Waals surface area contributed by atoms with Crippen LogP contribution >= 0.6 is 11.6 Å². The van der Waals surface area contributed by atoms with Crippen molar-refractivity contribution >= 4 is 23.2 Å². The van der Waals surface area contributed by atoms with Crippen molar-refractivity contribution in [3.63, 3.8) is 0 Å². The smallest absolute Gasteiger partial charge is 0.273 e. The van der Waals surface area contributed by atoms with Crippen LogP contribution in [0.2, 0.25) is 0 Å². The van der Waals surface area contributed by atoms with Gasteiger partial charge in [-0.15, -0.1) is 11.6 Å². The summed E-state index contributed by atoms with van der Waals surface area (Å²) >= 11 is 5.91. The normalized spacial score (nSPS) is 18.9. The van der Waals surface area contributed by atoms with Crippen molar-refractivity contribution in [2.75, 3.05) is 12.4 Å². The lowest BCUT2D eigenvalue weighted by Gasteiger charge is -2.34. The molecule has 0 bridgehead atoms. The lowest BCUT2D eigenvalue weighted by atomic mass is 10.0. The van der Waals surface area contributed by atoms with Gasteiger partial charge < -0.3 is 4.90 Å². The van der Waals surface area contributed by atoms with Gasteiger partial charge in [-0.25, -0.2) is 0 Å². The third-order valence-electron chi connectivity index (χ3n) is 3.72. The number of nitro groups is 1. The van der Waals surface area contributed by atoms with E-state index in [9.17, 15) is 14.9 Å². The van der Waals surface area contributed by atoms with Gasteiger partial charge in [-0.3, -0.25) is 14.9 Å². The lowest BCUT2D eigenvalue weighted by Crippen LogP contribution is -2.44. The molecule has 108 valence electrons. The van der Waals surface area contributed by atoms with Crippen LogP contribution in [0.3, 0.4) is 0 Å². The number of carbonyl (C=O) groups excluding carboxylic acids is 1. The maximum absolute atomic E-state index is 12.5. The molecule has 20 heavy (non-hydrogen) atoms. The Balaban J connectivity index is 2.28. The number of nitro benzene ring substituents is 1. The average Bonchev–Trinajstić information content (AvgIpc) is 2.46. The van der Waals surface area contributed by atoms with Crippen molar-refractivity contribution in [3.05, 3.63) is 39.4 Å². The van der Waals surface area contributed by atoms with Gasteiger partial charge in [-0.2, -0.15) is 0 Å². The number of halogens is 1. The minimum absolute atomic E-state index is 0.0183. The number of piperidine rings is 1. The fourth-order valence-electron chi connectivity index (χ4n) is 2.53. The van der Waals surface area contributed by atoms with Crippen LogP contribution in [-0.2, 0) is 0 Å². The van der Waals surface area contributed by atoms with E-state index in [0.29, 0.717) is 23.6 Å². The summed E-state index contributed by atoms with van der Waals surface area (Å²) in [7, 11) is 0. The first-order valence-electron chi connectivity index (χ1n) is 6.66. The van der Waals surface area contributed by atoms with Gasteiger partial charge in [0, 0.05) is 35.7 Å². The molecule has 1 saturated heterocycles. The molecule has 1 heterocycles. The summed E-state index contributed by atoms with van der Waals surface area (Å²) in [5, 5.41) is 11.0. The third kappa shape index (κ3) is 2.93. The van der Waals surface area contributed by atoms with Crippen molar-refractivity contribution in [1.29, 1.82) is 0 Å². The van der Waals surface area contributed by atoms with E-state index in [1.165, 1.54) is 6.07 Å². The molecular weight excluding hydrogens is 280 g/mol. The lowest BCUT2D eigenvalue weighted by molar-refractivity contribution is -0.385. The van der Waals surface area contributed by atoms with Crippen LogP contribution in [0.15, 0.2) is 18.2 Å². The van der Waals surface area contributed by atoms with Gasteiger partial charge in [0.2, 0.25) is 0 Å². The number of rotatable bonds is 3. The van der Waals surface area contributed by atoms with Crippen molar-refractivity contribution in [3.8, 4) is 0 Å². The van der Waals surface area contributed by atoms with Crippen LogP contribution in [0.1, 0.15) is 35.2 Å². The number of amides is 1. The molecule has 1 atom stereocenters. The molecule has 0 aliphatic carbocycles. The van der Waals surface area contributed by atoms with Gasteiger partial charge >= 0.3 is 0 Å². The number of likely N-dealkylation sites (tertiary alicyclic amines) is 1. The number of benzene rings is 1. The second-order valence-electron chi connectivity index (χ2n) is 5.06. The topological polar surface area (TPSA) is 63.5 Å². The molecule has 1 aliphatic heterocycles. The van der Waals surface area contributed by atoms with E-state index < -0.39 is 4.92 Å². The molecule has 1 aliphatic rings. The summed E-state index contributed by atoms with van der Waals surface area (Å²) in [4.78, 5) is 24.7. The molecule has 0 spiro atoms. The number of nitrogens with zero attached hydrogens (tertiary/aromatic N) is 2. The Morgan fingerprint density at radius 2 is 2.25 bits per heavy atom. The van der Waals surface area contributed by atoms with E-state index in [-0.39, 0.29) is 17.6 Å². The molecule has 1 aromatic carbocycles. The number of carbonyl (C=O) groups is 1. The van der Waals surface area contributed by atoms with E-state index in [1.807, 2.05) is 0 Å². The highest BCUT2D eigenvalue weighted by molar-refractivity contribution is 6.18. The van der Waals surface area contributed by atoms with Crippen molar-refractivity contribution < 1.29 is 9.72 Å².